The zero-order valence-corrected chi connectivity index (χ0v) is 17.8. The van der Waals surface area contributed by atoms with Crippen molar-refractivity contribution in [2.45, 2.75) is 26.8 Å². The van der Waals surface area contributed by atoms with E-state index in [9.17, 15) is 4.79 Å². The van der Waals surface area contributed by atoms with Gasteiger partial charge in [-0.3, -0.25) is 4.79 Å². The van der Waals surface area contributed by atoms with E-state index in [1.54, 1.807) is 0 Å². The van der Waals surface area contributed by atoms with Gasteiger partial charge in [0.25, 0.3) is 5.91 Å². The lowest BCUT2D eigenvalue weighted by Gasteiger charge is -2.13. The van der Waals surface area contributed by atoms with E-state index in [0.717, 1.165) is 40.4 Å². The van der Waals surface area contributed by atoms with E-state index in [1.165, 1.54) is 5.56 Å². The highest BCUT2D eigenvalue weighted by atomic mass is 16.5. The number of aromatic nitrogens is 1. The van der Waals surface area contributed by atoms with Crippen molar-refractivity contribution in [1.82, 2.24) is 4.57 Å². The third-order valence-corrected chi connectivity index (χ3v) is 5.50. The number of nitrogens with zero attached hydrogens (tertiary/aromatic N) is 1. The van der Waals surface area contributed by atoms with Gasteiger partial charge in [0.15, 0.2) is 0 Å². The molecule has 4 heteroatoms. The number of amides is 1. The fourth-order valence-electron chi connectivity index (χ4n) is 4.10. The molecule has 0 fully saturated rings. The van der Waals surface area contributed by atoms with Gasteiger partial charge in [-0.15, -0.1) is 0 Å². The second-order valence-electron chi connectivity index (χ2n) is 7.51. The summed E-state index contributed by atoms with van der Waals surface area (Å²) in [6, 6.07) is 27.7. The van der Waals surface area contributed by atoms with E-state index in [-0.39, 0.29) is 0 Å². The van der Waals surface area contributed by atoms with Gasteiger partial charge in [-0.2, -0.15) is 0 Å². The first-order chi connectivity index (χ1) is 15.1. The summed E-state index contributed by atoms with van der Waals surface area (Å²) in [4.78, 5) is 12.5. The average molecular weight is 411 g/mol. The minimum absolute atomic E-state index is 0.414. The van der Waals surface area contributed by atoms with Crippen LogP contribution in [0.1, 0.15) is 34.2 Å². The number of carbonyl (C=O) groups excluding carboxylic acids is 1. The fraction of sp³-hybridized carbons (Fsp3) is 0.148. The summed E-state index contributed by atoms with van der Waals surface area (Å²) in [7, 11) is 0. The van der Waals surface area contributed by atoms with Crippen LogP contribution in [0, 0.1) is 6.92 Å². The van der Waals surface area contributed by atoms with Gasteiger partial charge < -0.3 is 15.0 Å². The Bertz CT molecular complexity index is 1190. The minimum atomic E-state index is -0.414. The van der Waals surface area contributed by atoms with Crippen molar-refractivity contribution >= 4 is 5.91 Å². The van der Waals surface area contributed by atoms with E-state index < -0.39 is 5.91 Å². The average Bonchev–Trinajstić information content (AvgIpc) is 3.07. The van der Waals surface area contributed by atoms with Crippen molar-refractivity contribution in [3.05, 3.63) is 107 Å². The highest BCUT2D eigenvalue weighted by Crippen LogP contribution is 2.36. The summed E-state index contributed by atoms with van der Waals surface area (Å²) in [5, 5.41) is 0. The van der Waals surface area contributed by atoms with Crippen LogP contribution in [0.2, 0.25) is 0 Å². The van der Waals surface area contributed by atoms with Crippen LogP contribution in [0.25, 0.3) is 11.1 Å². The second-order valence-corrected chi connectivity index (χ2v) is 7.51. The molecule has 1 heterocycles. The zero-order chi connectivity index (χ0) is 21.8. The molecule has 0 saturated heterocycles. The van der Waals surface area contributed by atoms with Gasteiger partial charge in [-0.1, -0.05) is 67.6 Å². The molecular weight excluding hydrogens is 384 g/mol. The molecule has 0 bridgehead atoms. The van der Waals surface area contributed by atoms with E-state index in [1.807, 2.05) is 79.7 Å². The number of hydrogen-bond acceptors (Lipinski definition) is 2. The summed E-state index contributed by atoms with van der Waals surface area (Å²) >= 11 is 0. The third-order valence-electron chi connectivity index (χ3n) is 5.50. The number of benzene rings is 3. The molecule has 0 aliphatic heterocycles. The van der Waals surface area contributed by atoms with Crippen molar-refractivity contribution < 1.29 is 9.53 Å². The highest BCUT2D eigenvalue weighted by molar-refractivity contribution is 6.02. The van der Waals surface area contributed by atoms with E-state index in [2.05, 4.69) is 23.6 Å². The summed E-state index contributed by atoms with van der Waals surface area (Å²) in [5.41, 5.74) is 11.4. The van der Waals surface area contributed by atoms with Crippen LogP contribution < -0.4 is 10.5 Å². The lowest BCUT2D eigenvalue weighted by atomic mass is 9.98. The molecule has 1 amide bonds. The van der Waals surface area contributed by atoms with E-state index >= 15 is 0 Å². The molecule has 3 aromatic carbocycles. The molecule has 0 aliphatic carbocycles. The first-order valence-corrected chi connectivity index (χ1v) is 10.5. The van der Waals surface area contributed by atoms with Gasteiger partial charge in [0, 0.05) is 23.5 Å². The van der Waals surface area contributed by atoms with Crippen LogP contribution in [0.5, 0.6) is 11.5 Å². The number of para-hydroxylation sites is 1. The Kier molecular flexibility index (Phi) is 5.89. The number of hydrogen-bond donors (Lipinski definition) is 1. The predicted octanol–water partition coefficient (Wildman–Crippen LogP) is 5.97. The molecule has 2 N–H and O–H groups in total. The maximum absolute atomic E-state index is 12.5. The number of rotatable bonds is 7. The summed E-state index contributed by atoms with van der Waals surface area (Å²) < 4.78 is 8.23. The Morgan fingerprint density at radius 3 is 2.19 bits per heavy atom. The van der Waals surface area contributed by atoms with Crippen LogP contribution in [-0.4, -0.2) is 10.5 Å². The first kappa shape index (κ1) is 20.5. The van der Waals surface area contributed by atoms with Crippen LogP contribution in [0.4, 0.5) is 0 Å². The van der Waals surface area contributed by atoms with Crippen LogP contribution in [0.15, 0.2) is 84.9 Å². The first-order valence-electron chi connectivity index (χ1n) is 10.5. The monoisotopic (exact) mass is 410 g/mol. The van der Waals surface area contributed by atoms with Crippen molar-refractivity contribution in [2.24, 2.45) is 5.73 Å². The van der Waals surface area contributed by atoms with Gasteiger partial charge in [-0.05, 0) is 48.7 Å². The highest BCUT2D eigenvalue weighted by Gasteiger charge is 2.24. The normalized spacial score (nSPS) is 10.8. The molecule has 1 aromatic heterocycles. The maximum Gasteiger partial charge on any atom is 0.251 e. The molecule has 156 valence electrons. The Morgan fingerprint density at radius 2 is 1.55 bits per heavy atom. The lowest BCUT2D eigenvalue weighted by Crippen LogP contribution is -2.13. The molecule has 4 nitrogen and oxygen atoms in total. The van der Waals surface area contributed by atoms with Crippen molar-refractivity contribution in [3.63, 3.8) is 0 Å². The summed E-state index contributed by atoms with van der Waals surface area (Å²) in [5.74, 6) is 1.07. The SMILES string of the molecule is CCc1c(-c2cccc(Oc3ccccc3)c2)c(C(N)=O)c(C)n1Cc1ccccc1. The molecular formula is C27H26N2O2. The topological polar surface area (TPSA) is 57.2 Å². The zero-order valence-electron chi connectivity index (χ0n) is 17.8. The third kappa shape index (κ3) is 4.24. The standard InChI is InChI=1S/C27H26N2O2/c1-3-24-26(21-13-10-16-23(17-21)31-22-14-8-5-9-15-22)25(27(28)30)19(2)29(24)18-20-11-6-4-7-12-20/h4-17H,3,18H2,1-2H3,(H2,28,30). The number of ether oxygens (including phenoxy) is 1. The van der Waals surface area contributed by atoms with Crippen LogP contribution >= 0.6 is 0 Å². The quantitative estimate of drug-likeness (QED) is 0.408. The Balaban J connectivity index is 1.81. The Labute approximate surface area is 182 Å². The summed E-state index contributed by atoms with van der Waals surface area (Å²) in [6.07, 6.45) is 0.778. The molecule has 4 rings (SSSR count). The van der Waals surface area contributed by atoms with Gasteiger partial charge >= 0.3 is 0 Å². The van der Waals surface area contributed by atoms with Gasteiger partial charge in [-0.25, -0.2) is 0 Å². The molecule has 31 heavy (non-hydrogen) atoms. The largest absolute Gasteiger partial charge is 0.457 e. The van der Waals surface area contributed by atoms with Crippen molar-refractivity contribution in [3.8, 4) is 22.6 Å². The van der Waals surface area contributed by atoms with Crippen LogP contribution in [0.3, 0.4) is 0 Å². The molecule has 0 atom stereocenters. The molecule has 0 saturated carbocycles. The van der Waals surface area contributed by atoms with Crippen molar-refractivity contribution in [2.75, 3.05) is 0 Å². The van der Waals surface area contributed by atoms with E-state index in [0.29, 0.717) is 12.1 Å². The van der Waals surface area contributed by atoms with Crippen molar-refractivity contribution in [1.29, 1.82) is 0 Å². The summed E-state index contributed by atoms with van der Waals surface area (Å²) in [6.45, 7) is 4.77. The number of carbonyl (C=O) groups is 1. The maximum atomic E-state index is 12.5. The molecule has 0 radical (unpaired) electrons. The lowest BCUT2D eigenvalue weighted by molar-refractivity contribution is 0.1000. The molecule has 0 aliphatic rings. The van der Waals surface area contributed by atoms with Gasteiger partial charge in [0.05, 0.1) is 5.56 Å². The predicted molar refractivity (Wildman–Crippen MR) is 125 cm³/mol. The molecule has 4 aromatic rings. The van der Waals surface area contributed by atoms with E-state index in [4.69, 9.17) is 10.5 Å². The molecule has 0 unspecified atom stereocenters. The fourth-order valence-corrected chi connectivity index (χ4v) is 4.10. The van der Waals surface area contributed by atoms with Gasteiger partial charge in [0.2, 0.25) is 0 Å². The van der Waals surface area contributed by atoms with Crippen LogP contribution in [-0.2, 0) is 13.0 Å². The minimum Gasteiger partial charge on any atom is -0.457 e. The number of primary amides is 1. The Morgan fingerprint density at radius 1 is 0.903 bits per heavy atom. The smallest absolute Gasteiger partial charge is 0.251 e. The Hall–Kier alpha value is -3.79. The molecule has 0 spiro atoms. The van der Waals surface area contributed by atoms with Gasteiger partial charge in [0.1, 0.15) is 11.5 Å². The number of nitrogens with two attached hydrogens (primary N) is 1. The second kappa shape index (κ2) is 8.92.